The van der Waals surface area contributed by atoms with Crippen LogP contribution >= 0.6 is 0 Å². The quantitative estimate of drug-likeness (QED) is 0.764. The van der Waals surface area contributed by atoms with Crippen LogP contribution in [0.2, 0.25) is 0 Å². The number of piperidine rings is 1. The molecule has 156 valence electrons. The number of benzene rings is 1. The lowest BCUT2D eigenvalue weighted by molar-refractivity contribution is -0.141. The number of aliphatic hydroxyl groups is 1. The highest BCUT2D eigenvalue weighted by molar-refractivity contribution is 5.98. The average molecular weight is 401 g/mol. The Morgan fingerprint density at radius 3 is 2.93 bits per heavy atom. The maximum absolute atomic E-state index is 12.6. The number of likely N-dealkylation sites (tertiary alicyclic amines) is 2. The topological polar surface area (TPSA) is 99.2 Å². The number of carbonyl (C=O) groups is 3. The van der Waals surface area contributed by atoms with Crippen LogP contribution in [0.1, 0.15) is 48.0 Å². The smallest absolute Gasteiger partial charge is 0.258 e. The molecule has 8 nitrogen and oxygen atoms in total. The van der Waals surface area contributed by atoms with Crippen molar-refractivity contribution in [2.75, 3.05) is 26.2 Å². The zero-order valence-electron chi connectivity index (χ0n) is 16.6. The lowest BCUT2D eigenvalue weighted by Crippen LogP contribution is -2.56. The van der Waals surface area contributed by atoms with E-state index in [1.54, 1.807) is 17.0 Å². The number of nitrogens with zero attached hydrogens (tertiary/aromatic N) is 2. The molecule has 2 fully saturated rings. The second kappa shape index (κ2) is 7.67. The van der Waals surface area contributed by atoms with E-state index in [2.05, 4.69) is 5.32 Å². The summed E-state index contributed by atoms with van der Waals surface area (Å²) in [6.45, 7) is 3.16. The molecule has 2 atom stereocenters. The number of aliphatic hydroxyl groups excluding tert-OH is 1. The number of hydrogen-bond acceptors (Lipinski definition) is 5. The van der Waals surface area contributed by atoms with Crippen molar-refractivity contribution in [3.8, 4) is 5.75 Å². The van der Waals surface area contributed by atoms with Crippen LogP contribution < -0.4 is 10.1 Å². The maximum Gasteiger partial charge on any atom is 0.258 e. The first-order chi connectivity index (χ1) is 13.8. The van der Waals surface area contributed by atoms with Crippen molar-refractivity contribution in [3.05, 3.63) is 29.3 Å². The van der Waals surface area contributed by atoms with Crippen molar-refractivity contribution in [2.45, 2.75) is 50.9 Å². The number of amides is 3. The Balaban J connectivity index is 1.44. The summed E-state index contributed by atoms with van der Waals surface area (Å²) in [6, 6.07) is 5.48. The van der Waals surface area contributed by atoms with Gasteiger partial charge in [0.25, 0.3) is 5.91 Å². The molecule has 1 aromatic rings. The minimum Gasteiger partial charge on any atom is -0.467 e. The molecule has 3 amide bonds. The summed E-state index contributed by atoms with van der Waals surface area (Å²) < 4.78 is 6.16. The van der Waals surface area contributed by atoms with Gasteiger partial charge in [0.2, 0.25) is 11.8 Å². The lowest BCUT2D eigenvalue weighted by Gasteiger charge is -2.38. The van der Waals surface area contributed by atoms with Crippen LogP contribution in [0.25, 0.3) is 0 Å². The van der Waals surface area contributed by atoms with Crippen LogP contribution in [0.5, 0.6) is 5.75 Å². The van der Waals surface area contributed by atoms with Gasteiger partial charge in [-0.3, -0.25) is 14.4 Å². The van der Waals surface area contributed by atoms with Crippen LogP contribution in [-0.4, -0.2) is 70.6 Å². The summed E-state index contributed by atoms with van der Waals surface area (Å²) >= 11 is 0. The molecule has 0 bridgehead atoms. The highest BCUT2D eigenvalue weighted by atomic mass is 16.5. The first-order valence-electron chi connectivity index (χ1n) is 10.2. The first-order valence-corrected chi connectivity index (χ1v) is 10.2. The Labute approximate surface area is 169 Å². The van der Waals surface area contributed by atoms with Crippen molar-refractivity contribution in [1.29, 1.82) is 0 Å². The fourth-order valence-corrected chi connectivity index (χ4v) is 4.29. The van der Waals surface area contributed by atoms with E-state index in [1.165, 1.54) is 4.90 Å². The number of hydrogen-bond donors (Lipinski definition) is 2. The molecule has 2 N–H and O–H groups in total. The zero-order valence-corrected chi connectivity index (χ0v) is 16.6. The molecule has 8 heteroatoms. The molecule has 29 heavy (non-hydrogen) atoms. The second-order valence-corrected chi connectivity index (χ2v) is 8.25. The third-order valence-electron chi connectivity index (χ3n) is 5.98. The molecule has 0 radical (unpaired) electrons. The highest BCUT2D eigenvalue weighted by Gasteiger charge is 2.43. The van der Waals surface area contributed by atoms with Crippen LogP contribution in [0, 0.1) is 6.92 Å². The Morgan fingerprint density at radius 2 is 2.14 bits per heavy atom. The second-order valence-electron chi connectivity index (χ2n) is 8.25. The minimum absolute atomic E-state index is 0.00857. The summed E-state index contributed by atoms with van der Waals surface area (Å²) in [5.41, 5.74) is 0.539. The van der Waals surface area contributed by atoms with Gasteiger partial charge in [-0.1, -0.05) is 11.6 Å². The summed E-state index contributed by atoms with van der Waals surface area (Å²) in [6.07, 6.45) is 1.93. The number of aryl methyl sites for hydroxylation is 1. The van der Waals surface area contributed by atoms with E-state index in [1.807, 2.05) is 13.0 Å². The number of fused-ring (bicyclic) bond motifs is 1. The Morgan fingerprint density at radius 1 is 1.31 bits per heavy atom. The molecule has 3 heterocycles. The number of ether oxygens (including phenoxy) is 1. The summed E-state index contributed by atoms with van der Waals surface area (Å²) in [7, 11) is 0. The molecule has 0 aromatic heterocycles. The molecule has 0 saturated carbocycles. The maximum atomic E-state index is 12.6. The van der Waals surface area contributed by atoms with Gasteiger partial charge >= 0.3 is 0 Å². The van der Waals surface area contributed by atoms with Crippen molar-refractivity contribution in [2.24, 2.45) is 0 Å². The summed E-state index contributed by atoms with van der Waals surface area (Å²) in [4.78, 5) is 41.0. The average Bonchev–Trinajstić information content (AvgIpc) is 2.83. The molecule has 3 aliphatic rings. The molecule has 0 unspecified atom stereocenters. The molecule has 3 aliphatic heterocycles. The van der Waals surface area contributed by atoms with Crippen molar-refractivity contribution in [3.63, 3.8) is 0 Å². The van der Waals surface area contributed by atoms with Gasteiger partial charge in [0, 0.05) is 38.9 Å². The van der Waals surface area contributed by atoms with Gasteiger partial charge in [-0.15, -0.1) is 0 Å². The summed E-state index contributed by atoms with van der Waals surface area (Å²) in [5.74, 6) is 0.0515. The SMILES string of the molecule is Cc1ccc2c(c1)C(=O)N[C@]1(CCC(=O)N(CC(=O)N3CCC[C@@H](O)C3)CC1)O2. The van der Waals surface area contributed by atoms with Crippen molar-refractivity contribution < 1.29 is 24.2 Å². The van der Waals surface area contributed by atoms with Gasteiger partial charge in [-0.2, -0.15) is 0 Å². The molecule has 4 rings (SSSR count). The van der Waals surface area contributed by atoms with Crippen LogP contribution in [0.15, 0.2) is 18.2 Å². The van der Waals surface area contributed by atoms with Gasteiger partial charge in [0.15, 0.2) is 5.72 Å². The van der Waals surface area contributed by atoms with Crippen LogP contribution in [0.4, 0.5) is 0 Å². The van der Waals surface area contributed by atoms with Gasteiger partial charge in [-0.05, 0) is 31.9 Å². The van der Waals surface area contributed by atoms with Crippen LogP contribution in [0.3, 0.4) is 0 Å². The third kappa shape index (κ3) is 4.07. The monoisotopic (exact) mass is 401 g/mol. The standard InChI is InChI=1S/C21H27N3O5/c1-14-4-5-17-16(11-14)20(28)22-21(29-17)7-6-18(26)24(10-8-21)13-19(27)23-9-2-3-15(25)12-23/h4-5,11,15,25H,2-3,6-10,12-13H2,1H3,(H,22,28)/t15-,21-/m1/s1. The predicted octanol–water partition coefficient (Wildman–Crippen LogP) is 0.809. The van der Waals surface area contributed by atoms with Crippen molar-refractivity contribution in [1.82, 2.24) is 15.1 Å². The van der Waals surface area contributed by atoms with Gasteiger partial charge in [-0.25, -0.2) is 0 Å². The van der Waals surface area contributed by atoms with E-state index in [9.17, 15) is 19.5 Å². The largest absolute Gasteiger partial charge is 0.467 e. The Kier molecular flexibility index (Phi) is 5.21. The van der Waals surface area contributed by atoms with E-state index < -0.39 is 11.8 Å². The number of rotatable bonds is 2. The third-order valence-corrected chi connectivity index (χ3v) is 5.98. The molecule has 1 spiro atoms. The number of β-amino-alcohol motifs (C(OH)–C–C–N with tert-alkyl or cyclic N) is 1. The first kappa shape index (κ1) is 19.7. The van der Waals surface area contributed by atoms with Gasteiger partial charge in [0.1, 0.15) is 5.75 Å². The zero-order chi connectivity index (χ0) is 20.6. The Bertz CT molecular complexity index is 842. The summed E-state index contributed by atoms with van der Waals surface area (Å²) in [5, 5.41) is 12.7. The number of nitrogens with one attached hydrogen (secondary N) is 1. The lowest BCUT2D eigenvalue weighted by atomic mass is 9.99. The number of carbonyl (C=O) groups excluding carboxylic acids is 3. The fourth-order valence-electron chi connectivity index (χ4n) is 4.29. The van der Waals surface area contributed by atoms with E-state index in [0.717, 1.165) is 12.0 Å². The van der Waals surface area contributed by atoms with Crippen LogP contribution in [-0.2, 0) is 9.59 Å². The Hall–Kier alpha value is -2.61. The normalized spacial score (nSPS) is 27.2. The predicted molar refractivity (Wildman–Crippen MR) is 104 cm³/mol. The van der Waals surface area contributed by atoms with Crippen molar-refractivity contribution >= 4 is 17.7 Å². The minimum atomic E-state index is -0.936. The van der Waals surface area contributed by atoms with Gasteiger partial charge < -0.3 is 25.0 Å². The molecule has 2 saturated heterocycles. The van der Waals surface area contributed by atoms with E-state index >= 15 is 0 Å². The molecular formula is C21H27N3O5. The molecule has 1 aromatic carbocycles. The fraction of sp³-hybridized carbons (Fsp3) is 0.571. The highest BCUT2D eigenvalue weighted by Crippen LogP contribution is 2.34. The van der Waals surface area contributed by atoms with E-state index in [0.29, 0.717) is 50.2 Å². The van der Waals surface area contributed by atoms with E-state index in [-0.39, 0.29) is 30.7 Å². The molecule has 0 aliphatic carbocycles. The van der Waals surface area contributed by atoms with Gasteiger partial charge in [0.05, 0.1) is 18.2 Å². The van der Waals surface area contributed by atoms with E-state index in [4.69, 9.17) is 4.74 Å². The molecular weight excluding hydrogens is 374 g/mol.